The number of hydrogen-bond acceptors (Lipinski definition) is 4. The molecule has 1 unspecified atom stereocenters. The number of piperidine rings is 1. The van der Waals surface area contributed by atoms with Crippen molar-refractivity contribution in [1.29, 1.82) is 0 Å². The van der Waals surface area contributed by atoms with E-state index >= 15 is 0 Å². The van der Waals surface area contributed by atoms with E-state index in [1.165, 1.54) is 0 Å². The predicted octanol–water partition coefficient (Wildman–Crippen LogP) is 0.874. The first kappa shape index (κ1) is 17.9. The number of likely N-dealkylation sites (tertiary alicyclic amines) is 1. The summed E-state index contributed by atoms with van der Waals surface area (Å²) >= 11 is 0. The standard InChI is InChI=1S/C16H25N3O3S/c1-13-5-7-15(8-6-13)23(21,22)18-10-9-16(20)19-11-3-4-14(12-19)17-2/h5-8,14,17-18H,3-4,9-12H2,1-2H3. The van der Waals surface area contributed by atoms with Crippen LogP contribution in [0.1, 0.15) is 24.8 Å². The molecule has 1 aromatic rings. The number of carbonyl (C=O) groups excluding carboxylic acids is 1. The minimum Gasteiger partial charge on any atom is -0.341 e. The molecule has 1 fully saturated rings. The van der Waals surface area contributed by atoms with Gasteiger partial charge in [-0.25, -0.2) is 13.1 Å². The Morgan fingerprint density at radius 1 is 1.30 bits per heavy atom. The SMILES string of the molecule is CNC1CCCN(C(=O)CCNS(=O)(=O)c2ccc(C)cc2)C1. The van der Waals surface area contributed by atoms with Gasteiger partial charge in [-0.15, -0.1) is 0 Å². The maximum Gasteiger partial charge on any atom is 0.240 e. The third kappa shape index (κ3) is 5.02. The Labute approximate surface area is 138 Å². The first-order valence-electron chi connectivity index (χ1n) is 7.94. The van der Waals surface area contributed by atoms with Crippen LogP contribution in [0.25, 0.3) is 0 Å². The fourth-order valence-corrected chi connectivity index (χ4v) is 3.72. The van der Waals surface area contributed by atoms with Crippen LogP contribution in [-0.4, -0.2) is 51.9 Å². The van der Waals surface area contributed by atoms with Gasteiger partial charge in [0.25, 0.3) is 0 Å². The maximum absolute atomic E-state index is 12.2. The van der Waals surface area contributed by atoms with Gasteiger partial charge in [0, 0.05) is 32.1 Å². The summed E-state index contributed by atoms with van der Waals surface area (Å²) in [6.45, 7) is 3.47. The Balaban J connectivity index is 1.84. The highest BCUT2D eigenvalue weighted by Crippen LogP contribution is 2.12. The van der Waals surface area contributed by atoms with Gasteiger partial charge in [-0.1, -0.05) is 17.7 Å². The summed E-state index contributed by atoms with van der Waals surface area (Å²) in [6, 6.07) is 6.98. The second kappa shape index (κ2) is 7.90. The van der Waals surface area contributed by atoms with E-state index in [0.29, 0.717) is 12.6 Å². The predicted molar refractivity (Wildman–Crippen MR) is 89.6 cm³/mol. The fraction of sp³-hybridized carbons (Fsp3) is 0.562. The molecule has 7 heteroatoms. The highest BCUT2D eigenvalue weighted by molar-refractivity contribution is 7.89. The smallest absolute Gasteiger partial charge is 0.240 e. The molecule has 1 atom stereocenters. The largest absolute Gasteiger partial charge is 0.341 e. The van der Waals surface area contributed by atoms with Crippen molar-refractivity contribution < 1.29 is 13.2 Å². The van der Waals surface area contributed by atoms with Gasteiger partial charge in [0.2, 0.25) is 15.9 Å². The number of carbonyl (C=O) groups is 1. The van der Waals surface area contributed by atoms with Crippen LogP contribution in [0.15, 0.2) is 29.2 Å². The van der Waals surface area contributed by atoms with Gasteiger partial charge >= 0.3 is 0 Å². The number of likely N-dealkylation sites (N-methyl/N-ethyl adjacent to an activating group) is 1. The number of sulfonamides is 1. The summed E-state index contributed by atoms with van der Waals surface area (Å²) in [5, 5.41) is 3.19. The third-order valence-electron chi connectivity index (χ3n) is 4.14. The van der Waals surface area contributed by atoms with Crippen LogP contribution >= 0.6 is 0 Å². The van der Waals surface area contributed by atoms with Crippen molar-refractivity contribution in [3.63, 3.8) is 0 Å². The molecule has 2 N–H and O–H groups in total. The number of nitrogens with one attached hydrogen (secondary N) is 2. The van der Waals surface area contributed by atoms with E-state index in [9.17, 15) is 13.2 Å². The van der Waals surface area contributed by atoms with Crippen molar-refractivity contribution in [1.82, 2.24) is 14.9 Å². The summed E-state index contributed by atoms with van der Waals surface area (Å²) in [7, 11) is -1.65. The van der Waals surface area contributed by atoms with E-state index in [4.69, 9.17) is 0 Å². The van der Waals surface area contributed by atoms with Crippen LogP contribution in [0.4, 0.5) is 0 Å². The lowest BCUT2D eigenvalue weighted by molar-refractivity contribution is -0.132. The molecule has 2 rings (SSSR count). The number of nitrogens with zero attached hydrogens (tertiary/aromatic N) is 1. The van der Waals surface area contributed by atoms with E-state index in [-0.39, 0.29) is 23.8 Å². The Hall–Kier alpha value is -1.44. The van der Waals surface area contributed by atoms with Crippen molar-refractivity contribution in [3.8, 4) is 0 Å². The zero-order valence-electron chi connectivity index (χ0n) is 13.7. The van der Waals surface area contributed by atoms with E-state index in [1.807, 2.05) is 18.9 Å². The molecule has 6 nitrogen and oxygen atoms in total. The van der Waals surface area contributed by atoms with Crippen LogP contribution < -0.4 is 10.0 Å². The lowest BCUT2D eigenvalue weighted by Crippen LogP contribution is -2.47. The molecule has 1 aromatic carbocycles. The molecule has 23 heavy (non-hydrogen) atoms. The number of benzene rings is 1. The maximum atomic E-state index is 12.2. The number of amides is 1. The summed E-state index contributed by atoms with van der Waals surface area (Å²) < 4.78 is 26.8. The van der Waals surface area contributed by atoms with E-state index < -0.39 is 10.0 Å². The van der Waals surface area contributed by atoms with Crippen molar-refractivity contribution in [3.05, 3.63) is 29.8 Å². The van der Waals surface area contributed by atoms with Crippen molar-refractivity contribution in [2.75, 3.05) is 26.7 Å². The molecular weight excluding hydrogens is 314 g/mol. The summed E-state index contributed by atoms with van der Waals surface area (Å²) in [6.07, 6.45) is 2.23. The average molecular weight is 339 g/mol. The molecule has 128 valence electrons. The minimum atomic E-state index is -3.55. The second-order valence-electron chi connectivity index (χ2n) is 5.93. The first-order chi connectivity index (χ1) is 10.9. The monoisotopic (exact) mass is 339 g/mol. The number of aryl methyl sites for hydroxylation is 1. The van der Waals surface area contributed by atoms with Gasteiger partial charge in [-0.2, -0.15) is 0 Å². The van der Waals surface area contributed by atoms with Crippen LogP contribution in [0.2, 0.25) is 0 Å². The zero-order chi connectivity index (χ0) is 16.9. The van der Waals surface area contributed by atoms with Crippen molar-refractivity contribution in [2.45, 2.75) is 37.1 Å². The van der Waals surface area contributed by atoms with Gasteiger partial charge in [0.1, 0.15) is 0 Å². The van der Waals surface area contributed by atoms with Crippen molar-refractivity contribution in [2.24, 2.45) is 0 Å². The lowest BCUT2D eigenvalue weighted by Gasteiger charge is -2.32. The quantitative estimate of drug-likeness (QED) is 0.806. The highest BCUT2D eigenvalue weighted by Gasteiger charge is 2.22. The molecule has 1 aliphatic heterocycles. The van der Waals surface area contributed by atoms with Crippen molar-refractivity contribution >= 4 is 15.9 Å². The Kier molecular flexibility index (Phi) is 6.15. The van der Waals surface area contributed by atoms with E-state index in [2.05, 4.69) is 10.0 Å². The molecule has 0 spiro atoms. The second-order valence-corrected chi connectivity index (χ2v) is 7.70. The normalized spacial score (nSPS) is 18.9. The van der Waals surface area contributed by atoms with Crippen LogP contribution in [0.5, 0.6) is 0 Å². The molecule has 0 aromatic heterocycles. The Bertz CT molecular complexity index is 628. The molecule has 0 aliphatic carbocycles. The summed E-state index contributed by atoms with van der Waals surface area (Å²) in [5.74, 6) is -0.00319. The fourth-order valence-electron chi connectivity index (χ4n) is 2.69. The van der Waals surface area contributed by atoms with Crippen LogP contribution in [-0.2, 0) is 14.8 Å². The molecule has 1 heterocycles. The van der Waals surface area contributed by atoms with Crippen LogP contribution in [0.3, 0.4) is 0 Å². The molecule has 1 aliphatic rings. The average Bonchev–Trinajstić information content (AvgIpc) is 2.55. The van der Waals surface area contributed by atoms with Gasteiger partial charge in [0.15, 0.2) is 0 Å². The topological polar surface area (TPSA) is 78.5 Å². The molecule has 0 bridgehead atoms. The molecule has 0 radical (unpaired) electrons. The number of rotatable bonds is 6. The number of hydrogen-bond donors (Lipinski definition) is 2. The molecule has 0 saturated carbocycles. The lowest BCUT2D eigenvalue weighted by atomic mass is 10.1. The van der Waals surface area contributed by atoms with Gasteiger partial charge in [-0.3, -0.25) is 4.79 Å². The molecule has 1 saturated heterocycles. The summed E-state index contributed by atoms with van der Waals surface area (Å²) in [5.41, 5.74) is 1.00. The third-order valence-corrected chi connectivity index (χ3v) is 5.62. The zero-order valence-corrected chi connectivity index (χ0v) is 14.5. The Morgan fingerprint density at radius 2 is 2.00 bits per heavy atom. The van der Waals surface area contributed by atoms with E-state index in [1.54, 1.807) is 24.3 Å². The van der Waals surface area contributed by atoms with Gasteiger partial charge < -0.3 is 10.2 Å². The molecular formula is C16H25N3O3S. The summed E-state index contributed by atoms with van der Waals surface area (Å²) in [4.78, 5) is 14.2. The highest BCUT2D eigenvalue weighted by atomic mass is 32.2. The minimum absolute atomic E-state index is 0.00319. The molecule has 1 amide bonds. The van der Waals surface area contributed by atoms with Crippen LogP contribution in [0, 0.1) is 6.92 Å². The van der Waals surface area contributed by atoms with Gasteiger partial charge in [-0.05, 0) is 38.9 Å². The first-order valence-corrected chi connectivity index (χ1v) is 9.42. The Morgan fingerprint density at radius 3 is 2.65 bits per heavy atom. The van der Waals surface area contributed by atoms with E-state index in [0.717, 1.165) is 24.9 Å². The van der Waals surface area contributed by atoms with Gasteiger partial charge in [0.05, 0.1) is 4.90 Å².